The monoisotopic (exact) mass is 606 g/mol. The van der Waals surface area contributed by atoms with Crippen LogP contribution in [0.5, 0.6) is 5.88 Å². The molecule has 1 saturated heterocycles. The second-order valence-corrected chi connectivity index (χ2v) is 11.1. The summed E-state index contributed by atoms with van der Waals surface area (Å²) in [4.78, 5) is 41.6. The fourth-order valence-electron chi connectivity index (χ4n) is 6.03. The molecular formula is C38H30N4O4. The molecule has 0 radical (unpaired) electrons. The van der Waals surface area contributed by atoms with Crippen molar-refractivity contribution < 1.29 is 14.7 Å². The molecule has 0 unspecified atom stereocenters. The molecule has 7 rings (SSSR count). The van der Waals surface area contributed by atoms with Crippen LogP contribution in [0.4, 0.5) is 11.4 Å². The van der Waals surface area contributed by atoms with Gasteiger partial charge in [-0.05, 0) is 97.2 Å². The topological polar surface area (TPSA) is 87.8 Å². The molecule has 1 N–H and O–H groups in total. The number of carbonyl (C=O) groups is 2. The highest BCUT2D eigenvalue weighted by atomic mass is 16.3. The molecule has 4 aromatic carbocycles. The quantitative estimate of drug-likeness (QED) is 0.171. The van der Waals surface area contributed by atoms with Crippen molar-refractivity contribution in [1.82, 2.24) is 9.36 Å². The molecule has 226 valence electrons. The lowest BCUT2D eigenvalue weighted by Gasteiger charge is -2.27. The minimum Gasteiger partial charge on any atom is -0.493 e. The minimum absolute atomic E-state index is 0.0628. The normalized spacial score (nSPS) is 15.8. The first-order chi connectivity index (χ1) is 22.4. The van der Waals surface area contributed by atoms with Gasteiger partial charge < -0.3 is 5.11 Å². The lowest BCUT2D eigenvalue weighted by molar-refractivity contribution is -0.116. The molecule has 1 aliphatic carbocycles. The lowest BCUT2D eigenvalue weighted by atomic mass is 10.1. The van der Waals surface area contributed by atoms with Crippen molar-refractivity contribution in [1.29, 1.82) is 0 Å². The zero-order valence-corrected chi connectivity index (χ0v) is 25.1. The van der Waals surface area contributed by atoms with E-state index in [-0.39, 0.29) is 22.6 Å². The van der Waals surface area contributed by atoms with Gasteiger partial charge in [0.05, 0.1) is 22.7 Å². The van der Waals surface area contributed by atoms with E-state index in [2.05, 4.69) is 0 Å². The van der Waals surface area contributed by atoms with Crippen LogP contribution in [-0.4, -0.2) is 26.3 Å². The highest BCUT2D eigenvalue weighted by molar-refractivity contribution is 6.36. The molecule has 0 atom stereocenters. The largest absolute Gasteiger partial charge is 0.493 e. The third-order valence-electron chi connectivity index (χ3n) is 8.38. The molecule has 0 spiro atoms. The van der Waals surface area contributed by atoms with Gasteiger partial charge >= 0.3 is 0 Å². The van der Waals surface area contributed by atoms with Crippen LogP contribution in [0.3, 0.4) is 0 Å². The van der Waals surface area contributed by atoms with E-state index in [0.717, 1.165) is 16.7 Å². The number of hydrogen-bond acceptors (Lipinski definition) is 4. The van der Waals surface area contributed by atoms with Gasteiger partial charge in [0.15, 0.2) is 0 Å². The summed E-state index contributed by atoms with van der Waals surface area (Å²) in [7, 11) is 0. The van der Waals surface area contributed by atoms with E-state index in [9.17, 15) is 19.5 Å². The van der Waals surface area contributed by atoms with Gasteiger partial charge in [-0.2, -0.15) is 0 Å². The zero-order valence-electron chi connectivity index (χ0n) is 25.1. The van der Waals surface area contributed by atoms with Gasteiger partial charge in [0.2, 0.25) is 5.88 Å². The Hall–Kier alpha value is -6.15. The molecule has 46 heavy (non-hydrogen) atoms. The Kier molecular flexibility index (Phi) is 7.30. The van der Waals surface area contributed by atoms with Crippen LogP contribution in [0.15, 0.2) is 154 Å². The Morgan fingerprint density at radius 3 is 1.48 bits per heavy atom. The van der Waals surface area contributed by atoms with Crippen molar-refractivity contribution in [2.75, 3.05) is 10.0 Å². The number of rotatable bonds is 6. The number of hydrazine groups is 1. The molecule has 5 aromatic rings. The number of benzene rings is 4. The van der Waals surface area contributed by atoms with Gasteiger partial charge in [0.25, 0.3) is 17.4 Å². The highest BCUT2D eigenvalue weighted by Crippen LogP contribution is 2.38. The van der Waals surface area contributed by atoms with Crippen LogP contribution in [-0.2, 0) is 9.59 Å². The van der Waals surface area contributed by atoms with Crippen molar-refractivity contribution in [3.63, 3.8) is 0 Å². The van der Waals surface area contributed by atoms with Gasteiger partial charge in [-0.15, -0.1) is 0 Å². The molecule has 2 aliphatic rings. The number of hydrogen-bond donors (Lipinski definition) is 1. The number of amides is 2. The minimum atomic E-state index is -0.416. The predicted molar refractivity (Wildman–Crippen MR) is 179 cm³/mol. The van der Waals surface area contributed by atoms with Crippen LogP contribution in [0.25, 0.3) is 17.5 Å². The number of para-hydroxylation sites is 4. The fourth-order valence-corrected chi connectivity index (χ4v) is 6.03. The average Bonchev–Trinajstić information content (AvgIpc) is 3.66. The van der Waals surface area contributed by atoms with Crippen LogP contribution in [0.2, 0.25) is 0 Å². The maximum Gasteiger partial charge on any atom is 0.283 e. The Morgan fingerprint density at radius 1 is 0.565 bits per heavy atom. The van der Waals surface area contributed by atoms with E-state index in [1.165, 1.54) is 19.4 Å². The molecule has 8 nitrogen and oxygen atoms in total. The van der Waals surface area contributed by atoms with Gasteiger partial charge in [-0.3, -0.25) is 14.4 Å². The molecule has 1 aliphatic heterocycles. The summed E-state index contributed by atoms with van der Waals surface area (Å²) in [6.07, 6.45) is 4.56. The average molecular weight is 607 g/mol. The number of nitrogens with zero attached hydrogens (tertiary/aromatic N) is 4. The van der Waals surface area contributed by atoms with Crippen molar-refractivity contribution in [3.05, 3.63) is 166 Å². The van der Waals surface area contributed by atoms with Gasteiger partial charge in [0.1, 0.15) is 11.1 Å². The van der Waals surface area contributed by atoms with E-state index >= 15 is 0 Å². The molecule has 0 bridgehead atoms. The molecule has 0 saturated carbocycles. The fraction of sp³-hybridized carbons (Fsp3) is 0.0789. The predicted octanol–water partition coefficient (Wildman–Crippen LogP) is 6.75. The Labute approximate surface area is 265 Å². The summed E-state index contributed by atoms with van der Waals surface area (Å²) >= 11 is 0. The van der Waals surface area contributed by atoms with Gasteiger partial charge in [-0.1, -0.05) is 72.8 Å². The van der Waals surface area contributed by atoms with Crippen LogP contribution >= 0.6 is 0 Å². The number of aromatic hydroxyl groups is 1. The molecule has 1 fully saturated rings. The van der Waals surface area contributed by atoms with E-state index in [1.54, 1.807) is 36.4 Å². The summed E-state index contributed by atoms with van der Waals surface area (Å²) in [5.41, 5.74) is 4.81. The third kappa shape index (κ3) is 4.86. The zero-order chi connectivity index (χ0) is 31.8. The molecule has 2 heterocycles. The molecule has 8 heteroatoms. The standard InChI is InChI=1S/C38H30N4O4/c1-26-27(24-33-35(43)39(29-14-6-2-7-15-29)40(36(33)44)30-16-8-3-9-17-30)22-23-28(26)25-34-37(45)41(31-18-10-4-11-19-31)42(38(34)46)32-20-12-5-13-21-32/h2-21,24-25,43H,22-23H2,1H3/b27-24+. The maximum atomic E-state index is 13.9. The van der Waals surface area contributed by atoms with Crippen molar-refractivity contribution in [2.45, 2.75) is 19.8 Å². The summed E-state index contributed by atoms with van der Waals surface area (Å²) < 4.78 is 2.97. The summed E-state index contributed by atoms with van der Waals surface area (Å²) in [6.45, 7) is 1.92. The first-order valence-corrected chi connectivity index (χ1v) is 15.0. The number of anilines is 2. The number of allylic oxidation sites excluding steroid dienone is 4. The number of carbonyl (C=O) groups excluding carboxylic acids is 2. The maximum absolute atomic E-state index is 13.9. The van der Waals surface area contributed by atoms with Gasteiger partial charge in [-0.25, -0.2) is 19.4 Å². The van der Waals surface area contributed by atoms with Crippen molar-refractivity contribution in [2.24, 2.45) is 0 Å². The Morgan fingerprint density at radius 2 is 1.00 bits per heavy atom. The second-order valence-electron chi connectivity index (χ2n) is 11.1. The van der Waals surface area contributed by atoms with Crippen LogP contribution in [0, 0.1) is 0 Å². The summed E-state index contributed by atoms with van der Waals surface area (Å²) in [5, 5.41) is 14.3. The van der Waals surface area contributed by atoms with E-state index in [0.29, 0.717) is 35.6 Å². The van der Waals surface area contributed by atoms with Crippen molar-refractivity contribution in [3.8, 4) is 17.3 Å². The van der Waals surface area contributed by atoms with E-state index < -0.39 is 11.8 Å². The Bertz CT molecular complexity index is 2050. The highest BCUT2D eigenvalue weighted by Gasteiger charge is 2.43. The SMILES string of the molecule is CC1=C(C=C2C(=O)N(c3ccccc3)N(c3ccccc3)C2=O)CC/C1=C\c1c(O)n(-c2ccccc2)n(-c2ccccc2)c1=O. The first-order valence-electron chi connectivity index (χ1n) is 15.0. The first kappa shape index (κ1) is 28.6. The summed E-state index contributed by atoms with van der Waals surface area (Å²) in [6, 6.07) is 36.6. The molecule has 1 aromatic heterocycles. The lowest BCUT2D eigenvalue weighted by Crippen LogP contribution is -2.41. The van der Waals surface area contributed by atoms with Crippen LogP contribution < -0.4 is 15.6 Å². The smallest absolute Gasteiger partial charge is 0.283 e. The second kappa shape index (κ2) is 11.7. The van der Waals surface area contributed by atoms with Crippen LogP contribution in [0.1, 0.15) is 25.3 Å². The molecule has 2 amide bonds. The van der Waals surface area contributed by atoms with E-state index in [4.69, 9.17) is 0 Å². The van der Waals surface area contributed by atoms with E-state index in [1.807, 2.05) is 104 Å². The summed E-state index contributed by atoms with van der Waals surface area (Å²) in [5.74, 6) is -1.01. The molecular weight excluding hydrogens is 576 g/mol. The van der Waals surface area contributed by atoms with Gasteiger partial charge in [0, 0.05) is 0 Å². The number of aromatic nitrogens is 2. The Balaban J connectivity index is 1.30. The van der Waals surface area contributed by atoms with Crippen molar-refractivity contribution >= 4 is 29.3 Å². The third-order valence-corrected chi connectivity index (χ3v) is 8.38.